The van der Waals surface area contributed by atoms with E-state index in [1.807, 2.05) is 0 Å². The van der Waals surface area contributed by atoms with Gasteiger partial charge in [-0.15, -0.1) is 0 Å². The normalized spacial score (nSPS) is 17.2. The number of rotatable bonds is 4. The minimum atomic E-state index is 0.362. The lowest BCUT2D eigenvalue weighted by Crippen LogP contribution is -2.33. The number of likely N-dealkylation sites (tertiary alicyclic amines) is 1. The second-order valence-corrected chi connectivity index (χ2v) is 6.80. The zero-order chi connectivity index (χ0) is 16.4. The molecule has 3 heteroatoms. The molecule has 124 valence electrons. The van der Waals surface area contributed by atoms with Crippen molar-refractivity contribution in [3.8, 4) is 0 Å². The Kier molecular flexibility index (Phi) is 4.35. The van der Waals surface area contributed by atoms with Gasteiger partial charge in [0.05, 0.1) is 17.1 Å². The van der Waals surface area contributed by atoms with E-state index in [0.717, 1.165) is 12.1 Å². The van der Waals surface area contributed by atoms with Crippen LogP contribution in [0.15, 0.2) is 54.6 Å². The van der Waals surface area contributed by atoms with E-state index in [0.29, 0.717) is 6.04 Å². The highest BCUT2D eigenvalue weighted by Gasteiger charge is 2.23. The van der Waals surface area contributed by atoms with Gasteiger partial charge in [-0.1, -0.05) is 48.9 Å². The SMILES string of the molecule is C[C@@H](c1nc2ccccc2n1Cc1ccccc1)N1CCCCC1. The molecule has 0 radical (unpaired) electrons. The molecule has 1 fully saturated rings. The molecule has 24 heavy (non-hydrogen) atoms. The van der Waals surface area contributed by atoms with Crippen LogP contribution < -0.4 is 0 Å². The maximum absolute atomic E-state index is 5.01. The number of hydrogen-bond donors (Lipinski definition) is 0. The molecule has 3 aromatic rings. The van der Waals surface area contributed by atoms with E-state index in [1.165, 1.54) is 49.3 Å². The summed E-state index contributed by atoms with van der Waals surface area (Å²) >= 11 is 0. The third-order valence-corrected chi connectivity index (χ3v) is 5.18. The van der Waals surface area contributed by atoms with Crippen LogP contribution in [0.3, 0.4) is 0 Å². The number of nitrogens with zero attached hydrogens (tertiary/aromatic N) is 3. The van der Waals surface area contributed by atoms with Crippen molar-refractivity contribution in [1.29, 1.82) is 0 Å². The average molecular weight is 319 g/mol. The van der Waals surface area contributed by atoms with Gasteiger partial charge in [-0.25, -0.2) is 4.98 Å². The largest absolute Gasteiger partial charge is 0.322 e. The monoisotopic (exact) mass is 319 g/mol. The summed E-state index contributed by atoms with van der Waals surface area (Å²) < 4.78 is 2.41. The van der Waals surface area contributed by atoms with Gasteiger partial charge < -0.3 is 4.57 Å². The minimum Gasteiger partial charge on any atom is -0.322 e. The molecular weight excluding hydrogens is 294 g/mol. The fraction of sp³-hybridized carbons (Fsp3) is 0.381. The molecule has 0 aliphatic carbocycles. The zero-order valence-corrected chi connectivity index (χ0v) is 14.4. The third-order valence-electron chi connectivity index (χ3n) is 5.18. The zero-order valence-electron chi connectivity index (χ0n) is 14.4. The fourth-order valence-electron chi connectivity index (χ4n) is 3.81. The Balaban J connectivity index is 1.74. The van der Waals surface area contributed by atoms with E-state index in [9.17, 15) is 0 Å². The highest BCUT2D eigenvalue weighted by atomic mass is 15.2. The Morgan fingerprint density at radius 1 is 0.917 bits per heavy atom. The maximum atomic E-state index is 5.01. The van der Waals surface area contributed by atoms with Crippen molar-refractivity contribution in [2.45, 2.75) is 38.8 Å². The first kappa shape index (κ1) is 15.4. The molecule has 1 aliphatic rings. The van der Waals surface area contributed by atoms with Crippen LogP contribution in [0, 0.1) is 0 Å². The van der Waals surface area contributed by atoms with Gasteiger partial charge in [0.25, 0.3) is 0 Å². The molecule has 2 heterocycles. The van der Waals surface area contributed by atoms with Crippen molar-refractivity contribution in [2.24, 2.45) is 0 Å². The molecule has 0 spiro atoms. The average Bonchev–Trinajstić information content (AvgIpc) is 3.01. The van der Waals surface area contributed by atoms with E-state index in [-0.39, 0.29) is 0 Å². The summed E-state index contributed by atoms with van der Waals surface area (Å²) in [5, 5.41) is 0. The second-order valence-electron chi connectivity index (χ2n) is 6.80. The Bertz CT molecular complexity index is 800. The van der Waals surface area contributed by atoms with Crippen molar-refractivity contribution in [3.63, 3.8) is 0 Å². The minimum absolute atomic E-state index is 0.362. The molecule has 0 unspecified atom stereocenters. The van der Waals surface area contributed by atoms with Crippen LogP contribution >= 0.6 is 0 Å². The van der Waals surface area contributed by atoms with Crippen molar-refractivity contribution in [1.82, 2.24) is 14.5 Å². The molecule has 0 N–H and O–H groups in total. The molecule has 1 aliphatic heterocycles. The van der Waals surface area contributed by atoms with Crippen LogP contribution in [0.2, 0.25) is 0 Å². The second kappa shape index (κ2) is 6.78. The number of piperidine rings is 1. The van der Waals surface area contributed by atoms with Gasteiger partial charge >= 0.3 is 0 Å². The van der Waals surface area contributed by atoms with Crippen molar-refractivity contribution in [3.05, 3.63) is 66.0 Å². The number of hydrogen-bond acceptors (Lipinski definition) is 2. The lowest BCUT2D eigenvalue weighted by molar-refractivity contribution is 0.166. The highest BCUT2D eigenvalue weighted by Crippen LogP contribution is 2.27. The molecule has 0 amide bonds. The lowest BCUT2D eigenvalue weighted by Gasteiger charge is -2.32. The first-order valence-electron chi connectivity index (χ1n) is 9.06. The van der Waals surface area contributed by atoms with E-state index in [1.54, 1.807) is 0 Å². The van der Waals surface area contributed by atoms with E-state index >= 15 is 0 Å². The van der Waals surface area contributed by atoms with Crippen LogP contribution in [0.5, 0.6) is 0 Å². The molecule has 0 saturated carbocycles. The summed E-state index contributed by atoms with van der Waals surface area (Å²) in [4.78, 5) is 7.59. The Morgan fingerprint density at radius 3 is 2.42 bits per heavy atom. The topological polar surface area (TPSA) is 21.1 Å². The van der Waals surface area contributed by atoms with Crippen molar-refractivity contribution < 1.29 is 0 Å². The summed E-state index contributed by atoms with van der Waals surface area (Å²) in [6, 6.07) is 19.6. The van der Waals surface area contributed by atoms with Gasteiger partial charge in [0.1, 0.15) is 5.82 Å². The van der Waals surface area contributed by atoms with Gasteiger partial charge in [-0.05, 0) is 50.6 Å². The number of para-hydroxylation sites is 2. The smallest absolute Gasteiger partial charge is 0.127 e. The van der Waals surface area contributed by atoms with Crippen LogP contribution in [0.1, 0.15) is 43.6 Å². The Labute approximate surface area is 143 Å². The number of aromatic nitrogens is 2. The first-order chi connectivity index (χ1) is 11.8. The van der Waals surface area contributed by atoms with Crippen LogP contribution in [-0.2, 0) is 6.54 Å². The fourth-order valence-corrected chi connectivity index (χ4v) is 3.81. The number of benzene rings is 2. The van der Waals surface area contributed by atoms with Gasteiger partial charge in [0.2, 0.25) is 0 Å². The number of imidazole rings is 1. The van der Waals surface area contributed by atoms with Crippen LogP contribution in [0.25, 0.3) is 11.0 Å². The molecule has 3 nitrogen and oxygen atoms in total. The standard InChI is InChI=1S/C21H25N3/c1-17(23-14-8-3-9-15-23)21-22-19-12-6-7-13-20(19)24(21)16-18-10-4-2-5-11-18/h2,4-7,10-13,17H,3,8-9,14-16H2,1H3/t17-/m0/s1. The molecule has 0 bridgehead atoms. The Morgan fingerprint density at radius 2 is 1.62 bits per heavy atom. The van der Waals surface area contributed by atoms with E-state index < -0.39 is 0 Å². The van der Waals surface area contributed by atoms with Gasteiger partial charge in [-0.3, -0.25) is 4.90 Å². The Hall–Kier alpha value is -2.13. The summed E-state index contributed by atoms with van der Waals surface area (Å²) in [5.74, 6) is 1.20. The van der Waals surface area contributed by atoms with Crippen LogP contribution in [0.4, 0.5) is 0 Å². The molecule has 4 rings (SSSR count). The van der Waals surface area contributed by atoms with E-state index in [4.69, 9.17) is 4.98 Å². The summed E-state index contributed by atoms with van der Waals surface area (Å²) in [6.45, 7) is 5.58. The maximum Gasteiger partial charge on any atom is 0.127 e. The molecule has 1 saturated heterocycles. The molecule has 1 atom stereocenters. The van der Waals surface area contributed by atoms with E-state index in [2.05, 4.69) is 71.0 Å². The van der Waals surface area contributed by atoms with Gasteiger partial charge in [0.15, 0.2) is 0 Å². The lowest BCUT2D eigenvalue weighted by atomic mass is 10.1. The summed E-state index contributed by atoms with van der Waals surface area (Å²) in [6.07, 6.45) is 3.98. The van der Waals surface area contributed by atoms with Gasteiger partial charge in [0, 0.05) is 6.54 Å². The molecule has 1 aromatic heterocycles. The summed E-state index contributed by atoms with van der Waals surface area (Å²) in [5.41, 5.74) is 3.67. The molecule has 2 aromatic carbocycles. The predicted molar refractivity (Wildman–Crippen MR) is 99.1 cm³/mol. The van der Waals surface area contributed by atoms with Crippen LogP contribution in [-0.4, -0.2) is 27.5 Å². The van der Waals surface area contributed by atoms with Gasteiger partial charge in [-0.2, -0.15) is 0 Å². The molecular formula is C21H25N3. The highest BCUT2D eigenvalue weighted by molar-refractivity contribution is 5.76. The third kappa shape index (κ3) is 2.96. The quantitative estimate of drug-likeness (QED) is 0.699. The number of fused-ring (bicyclic) bond motifs is 1. The van der Waals surface area contributed by atoms with Crippen molar-refractivity contribution >= 4 is 11.0 Å². The van der Waals surface area contributed by atoms with Crippen molar-refractivity contribution in [2.75, 3.05) is 13.1 Å². The summed E-state index contributed by atoms with van der Waals surface area (Å²) in [7, 11) is 0. The predicted octanol–water partition coefficient (Wildman–Crippen LogP) is 4.63. The first-order valence-corrected chi connectivity index (χ1v) is 9.06.